The van der Waals surface area contributed by atoms with Crippen LogP contribution in [0.5, 0.6) is 5.75 Å². The van der Waals surface area contributed by atoms with Crippen molar-refractivity contribution in [2.75, 3.05) is 26.0 Å². The van der Waals surface area contributed by atoms with Crippen molar-refractivity contribution < 1.29 is 13.2 Å². The molecule has 3 rings (SSSR count). The van der Waals surface area contributed by atoms with E-state index in [1.165, 1.54) is 9.87 Å². The maximum atomic E-state index is 13.0. The van der Waals surface area contributed by atoms with Gasteiger partial charge in [-0.25, -0.2) is 8.42 Å². The van der Waals surface area contributed by atoms with Crippen LogP contribution in [0.2, 0.25) is 0 Å². The molecule has 1 N–H and O–H groups in total. The summed E-state index contributed by atoms with van der Waals surface area (Å²) in [5, 5.41) is 3.40. The first-order chi connectivity index (χ1) is 14.8. The van der Waals surface area contributed by atoms with Crippen molar-refractivity contribution >= 4 is 31.6 Å². The SMILES string of the molecule is COc1ccc(CN(C)S(=O)(=O)c2ccc(NC[C@@H](C)c3ccccc3)c(Br)c2)cc1. The van der Waals surface area contributed by atoms with E-state index in [1.54, 1.807) is 32.4 Å². The van der Waals surface area contributed by atoms with Gasteiger partial charge in [0.1, 0.15) is 5.75 Å². The normalized spacial score (nSPS) is 12.5. The fourth-order valence-corrected chi connectivity index (χ4v) is 5.07. The molecule has 0 bridgehead atoms. The Morgan fingerprint density at radius 3 is 2.32 bits per heavy atom. The molecule has 3 aromatic carbocycles. The first-order valence-electron chi connectivity index (χ1n) is 9.99. The van der Waals surface area contributed by atoms with Crippen LogP contribution in [0.25, 0.3) is 0 Å². The van der Waals surface area contributed by atoms with Crippen molar-refractivity contribution in [3.8, 4) is 5.75 Å². The van der Waals surface area contributed by atoms with Gasteiger partial charge in [0.05, 0.1) is 12.0 Å². The van der Waals surface area contributed by atoms with Crippen molar-refractivity contribution in [2.45, 2.75) is 24.3 Å². The topological polar surface area (TPSA) is 58.6 Å². The Hall–Kier alpha value is -2.35. The van der Waals surface area contributed by atoms with E-state index in [9.17, 15) is 8.42 Å². The van der Waals surface area contributed by atoms with Crippen LogP contribution in [0.3, 0.4) is 0 Å². The van der Waals surface area contributed by atoms with Gasteiger partial charge < -0.3 is 10.1 Å². The minimum absolute atomic E-state index is 0.247. The molecule has 0 aliphatic carbocycles. The first kappa shape index (κ1) is 23.3. The maximum absolute atomic E-state index is 13.0. The van der Waals surface area contributed by atoms with Crippen LogP contribution in [0, 0.1) is 0 Å². The minimum Gasteiger partial charge on any atom is -0.497 e. The average Bonchev–Trinajstić information content (AvgIpc) is 2.79. The van der Waals surface area contributed by atoms with Gasteiger partial charge in [0.2, 0.25) is 10.0 Å². The fraction of sp³-hybridized carbons (Fsp3) is 0.250. The van der Waals surface area contributed by atoms with Crippen LogP contribution < -0.4 is 10.1 Å². The van der Waals surface area contributed by atoms with Crippen molar-refractivity contribution in [1.82, 2.24) is 4.31 Å². The van der Waals surface area contributed by atoms with Gasteiger partial charge in [0.15, 0.2) is 0 Å². The number of benzene rings is 3. The Morgan fingerprint density at radius 1 is 1.03 bits per heavy atom. The van der Waals surface area contributed by atoms with Crippen molar-refractivity contribution in [3.05, 3.63) is 88.4 Å². The first-order valence-corrected chi connectivity index (χ1v) is 12.2. The summed E-state index contributed by atoms with van der Waals surface area (Å²) >= 11 is 3.52. The lowest BCUT2D eigenvalue weighted by Gasteiger charge is -2.19. The third-order valence-electron chi connectivity index (χ3n) is 5.18. The zero-order chi connectivity index (χ0) is 22.4. The second-order valence-electron chi connectivity index (χ2n) is 7.44. The number of nitrogens with zero attached hydrogens (tertiary/aromatic N) is 1. The molecule has 0 aromatic heterocycles. The predicted molar refractivity (Wildman–Crippen MR) is 129 cm³/mol. The number of ether oxygens (including phenoxy) is 1. The summed E-state index contributed by atoms with van der Waals surface area (Å²) < 4.78 is 33.3. The van der Waals surface area contributed by atoms with Crippen molar-refractivity contribution in [2.24, 2.45) is 0 Å². The number of halogens is 1. The van der Waals surface area contributed by atoms with Gasteiger partial charge in [-0.3, -0.25) is 0 Å². The Balaban J connectivity index is 1.68. The van der Waals surface area contributed by atoms with Crippen molar-refractivity contribution in [1.29, 1.82) is 0 Å². The smallest absolute Gasteiger partial charge is 0.243 e. The Bertz CT molecular complexity index is 1100. The molecule has 5 nitrogen and oxygen atoms in total. The number of hydrogen-bond acceptors (Lipinski definition) is 4. The molecule has 31 heavy (non-hydrogen) atoms. The fourth-order valence-electron chi connectivity index (χ4n) is 3.22. The molecule has 0 saturated carbocycles. The van der Waals surface area contributed by atoms with Gasteiger partial charge >= 0.3 is 0 Å². The second-order valence-corrected chi connectivity index (χ2v) is 10.3. The summed E-state index contributed by atoms with van der Waals surface area (Å²) in [5.41, 5.74) is 3.00. The zero-order valence-corrected chi connectivity index (χ0v) is 20.3. The summed E-state index contributed by atoms with van der Waals surface area (Å²) in [6.07, 6.45) is 0. The van der Waals surface area contributed by atoms with Gasteiger partial charge in [-0.1, -0.05) is 49.4 Å². The Morgan fingerprint density at radius 2 is 1.71 bits per heavy atom. The summed E-state index contributed by atoms with van der Waals surface area (Å²) in [7, 11) is -0.436. The number of rotatable bonds is 9. The molecule has 0 heterocycles. The van der Waals surface area contributed by atoms with Gasteiger partial charge in [0, 0.05) is 30.3 Å². The second kappa shape index (κ2) is 10.3. The third-order valence-corrected chi connectivity index (χ3v) is 7.64. The maximum Gasteiger partial charge on any atom is 0.243 e. The lowest BCUT2D eigenvalue weighted by Crippen LogP contribution is -2.26. The van der Waals surface area contributed by atoms with Crippen LogP contribution in [-0.4, -0.2) is 33.4 Å². The summed E-state index contributed by atoms with van der Waals surface area (Å²) in [6.45, 7) is 3.17. The van der Waals surface area contributed by atoms with E-state index >= 15 is 0 Å². The van der Waals surface area contributed by atoms with E-state index in [0.29, 0.717) is 10.4 Å². The van der Waals surface area contributed by atoms with Gasteiger partial charge in [0.25, 0.3) is 0 Å². The number of anilines is 1. The predicted octanol–water partition coefficient (Wildman–Crippen LogP) is 5.49. The van der Waals surface area contributed by atoms with Gasteiger partial charge in [-0.2, -0.15) is 4.31 Å². The lowest BCUT2D eigenvalue weighted by molar-refractivity contribution is 0.414. The highest BCUT2D eigenvalue weighted by atomic mass is 79.9. The molecule has 7 heteroatoms. The van der Waals surface area contributed by atoms with Crippen LogP contribution in [0.15, 0.2) is 82.2 Å². The molecule has 0 radical (unpaired) electrons. The highest BCUT2D eigenvalue weighted by Crippen LogP contribution is 2.28. The molecule has 0 saturated heterocycles. The minimum atomic E-state index is -3.62. The van der Waals surface area contributed by atoms with E-state index in [1.807, 2.05) is 42.5 Å². The quantitative estimate of drug-likeness (QED) is 0.419. The molecule has 0 unspecified atom stereocenters. The molecular formula is C24H27BrN2O3S. The van der Waals surface area contributed by atoms with Gasteiger partial charge in [-0.05, 0) is 63.3 Å². The largest absolute Gasteiger partial charge is 0.497 e. The molecule has 0 spiro atoms. The third kappa shape index (κ3) is 5.87. The van der Waals surface area contributed by atoms with Crippen LogP contribution in [-0.2, 0) is 16.6 Å². The zero-order valence-electron chi connectivity index (χ0n) is 17.9. The van der Waals surface area contributed by atoms with E-state index in [-0.39, 0.29) is 11.4 Å². The molecule has 0 aliphatic rings. The molecule has 0 aliphatic heterocycles. The van der Waals surface area contributed by atoms with E-state index < -0.39 is 10.0 Å². The summed E-state index contributed by atoms with van der Waals surface area (Å²) in [4.78, 5) is 0.247. The number of methoxy groups -OCH3 is 1. The van der Waals surface area contributed by atoms with Crippen LogP contribution >= 0.6 is 15.9 Å². The Labute approximate surface area is 193 Å². The van der Waals surface area contributed by atoms with E-state index in [4.69, 9.17) is 4.74 Å². The summed E-state index contributed by atoms with van der Waals surface area (Å²) in [5.74, 6) is 1.06. The number of nitrogens with one attached hydrogen (secondary N) is 1. The standard InChI is InChI=1S/C24H27BrN2O3S/c1-18(20-7-5-4-6-8-20)16-26-24-14-13-22(15-23(24)25)31(28,29)27(2)17-19-9-11-21(30-3)12-10-19/h4-15,18,26H,16-17H2,1-3H3/t18-/m1/s1. The van der Waals surface area contributed by atoms with Gasteiger partial charge in [-0.15, -0.1) is 0 Å². The molecule has 0 amide bonds. The molecule has 3 aromatic rings. The summed E-state index contributed by atoms with van der Waals surface area (Å²) in [6, 6.07) is 22.7. The molecule has 0 fully saturated rings. The van der Waals surface area contributed by atoms with Crippen LogP contribution in [0.1, 0.15) is 24.0 Å². The van der Waals surface area contributed by atoms with Crippen LogP contribution in [0.4, 0.5) is 5.69 Å². The number of sulfonamides is 1. The highest BCUT2D eigenvalue weighted by Gasteiger charge is 2.22. The van der Waals surface area contributed by atoms with E-state index in [0.717, 1.165) is 23.5 Å². The highest BCUT2D eigenvalue weighted by molar-refractivity contribution is 9.10. The van der Waals surface area contributed by atoms with Crippen molar-refractivity contribution in [3.63, 3.8) is 0 Å². The molecular weight excluding hydrogens is 476 g/mol. The lowest BCUT2D eigenvalue weighted by atomic mass is 10.0. The molecule has 164 valence electrons. The van der Waals surface area contributed by atoms with E-state index in [2.05, 4.69) is 40.3 Å². The monoisotopic (exact) mass is 502 g/mol. The Kier molecular flexibility index (Phi) is 7.75. The molecule has 1 atom stereocenters. The number of hydrogen-bond donors (Lipinski definition) is 1. The average molecular weight is 503 g/mol.